The minimum absolute atomic E-state index is 0.00368. The molecular weight excluding hydrogens is 223 g/mol. The van der Waals surface area contributed by atoms with Gasteiger partial charge in [0.1, 0.15) is 5.75 Å². The summed E-state index contributed by atoms with van der Waals surface area (Å²) in [5.41, 5.74) is 0.114. The average molecular weight is 238 g/mol. The van der Waals surface area contributed by atoms with E-state index >= 15 is 0 Å². The molecule has 0 aliphatic heterocycles. The summed E-state index contributed by atoms with van der Waals surface area (Å²) < 4.78 is 18.8. The molecule has 1 aromatic rings. The first-order valence-electron chi connectivity index (χ1n) is 5.54. The molecule has 4 heteroatoms. The van der Waals surface area contributed by atoms with Crippen LogP contribution >= 0.6 is 0 Å². The van der Waals surface area contributed by atoms with Crippen LogP contribution in [0.2, 0.25) is 0 Å². The minimum Gasteiger partial charge on any atom is -0.493 e. The fourth-order valence-corrected chi connectivity index (χ4v) is 1.41. The largest absolute Gasteiger partial charge is 0.493 e. The first kappa shape index (κ1) is 13.4. The summed E-state index contributed by atoms with van der Waals surface area (Å²) in [6, 6.07) is 6.35. The Bertz CT molecular complexity index is 415. The number of para-hydroxylation sites is 1. The number of ketones is 2. The van der Waals surface area contributed by atoms with Crippen LogP contribution in [0.5, 0.6) is 5.75 Å². The maximum Gasteiger partial charge on any atom is 0.220 e. The van der Waals surface area contributed by atoms with Gasteiger partial charge in [-0.05, 0) is 19.1 Å². The Labute approximate surface area is 99.6 Å². The van der Waals surface area contributed by atoms with E-state index < -0.39 is 17.7 Å². The molecule has 1 unspecified atom stereocenters. The van der Waals surface area contributed by atoms with Gasteiger partial charge in [-0.25, -0.2) is 4.39 Å². The van der Waals surface area contributed by atoms with Crippen molar-refractivity contribution in [3.05, 3.63) is 29.8 Å². The molecule has 17 heavy (non-hydrogen) atoms. The summed E-state index contributed by atoms with van der Waals surface area (Å²) in [5, 5.41) is 0. The van der Waals surface area contributed by atoms with Gasteiger partial charge in [0.2, 0.25) is 12.0 Å². The maximum atomic E-state index is 13.5. The molecule has 1 rings (SSSR count). The van der Waals surface area contributed by atoms with Crippen LogP contribution in [0.25, 0.3) is 0 Å². The van der Waals surface area contributed by atoms with Crippen LogP contribution in [0.3, 0.4) is 0 Å². The van der Waals surface area contributed by atoms with E-state index in [2.05, 4.69) is 0 Å². The van der Waals surface area contributed by atoms with Crippen LogP contribution in [0.15, 0.2) is 24.3 Å². The van der Waals surface area contributed by atoms with E-state index in [-0.39, 0.29) is 12.0 Å². The standard InChI is InChI=1S/C13H15FO3/c1-3-10(15)12(14)13(16)9-7-5-6-8-11(9)17-4-2/h5-8,12H,3-4H2,1-2H3. The summed E-state index contributed by atoms with van der Waals surface area (Å²) in [6.07, 6.45) is -2.09. The molecule has 1 aromatic carbocycles. The molecule has 1 atom stereocenters. The maximum absolute atomic E-state index is 13.5. The zero-order chi connectivity index (χ0) is 12.8. The molecule has 0 aliphatic carbocycles. The van der Waals surface area contributed by atoms with Crippen LogP contribution < -0.4 is 4.74 Å². The predicted molar refractivity (Wildman–Crippen MR) is 62.1 cm³/mol. The number of rotatable bonds is 6. The smallest absolute Gasteiger partial charge is 0.220 e. The SMILES string of the molecule is CCOc1ccccc1C(=O)C(F)C(=O)CC. The molecule has 0 N–H and O–H groups in total. The molecule has 0 radical (unpaired) electrons. The second kappa shape index (κ2) is 6.13. The summed E-state index contributed by atoms with van der Waals surface area (Å²) >= 11 is 0. The Hall–Kier alpha value is -1.71. The monoisotopic (exact) mass is 238 g/mol. The van der Waals surface area contributed by atoms with Crippen LogP contribution in [-0.4, -0.2) is 24.3 Å². The van der Waals surface area contributed by atoms with Gasteiger partial charge in [-0.3, -0.25) is 9.59 Å². The lowest BCUT2D eigenvalue weighted by atomic mass is 10.0. The fraction of sp³-hybridized carbons (Fsp3) is 0.385. The lowest BCUT2D eigenvalue weighted by Crippen LogP contribution is -2.25. The second-order valence-corrected chi connectivity index (χ2v) is 3.48. The van der Waals surface area contributed by atoms with Crippen molar-refractivity contribution >= 4 is 11.6 Å². The van der Waals surface area contributed by atoms with Gasteiger partial charge in [0.15, 0.2) is 5.78 Å². The molecule has 0 heterocycles. The summed E-state index contributed by atoms with van der Waals surface area (Å²) in [6.45, 7) is 3.67. The van der Waals surface area contributed by atoms with Crippen molar-refractivity contribution in [1.29, 1.82) is 0 Å². The number of alkyl halides is 1. The van der Waals surface area contributed by atoms with Gasteiger partial charge in [0.25, 0.3) is 0 Å². The number of benzene rings is 1. The molecule has 0 saturated carbocycles. The highest BCUT2D eigenvalue weighted by atomic mass is 19.1. The van der Waals surface area contributed by atoms with Crippen molar-refractivity contribution in [3.63, 3.8) is 0 Å². The van der Waals surface area contributed by atoms with E-state index in [4.69, 9.17) is 4.74 Å². The molecule has 0 fully saturated rings. The Morgan fingerprint density at radius 2 is 1.94 bits per heavy atom. The van der Waals surface area contributed by atoms with E-state index in [1.165, 1.54) is 13.0 Å². The number of carbonyl (C=O) groups excluding carboxylic acids is 2. The zero-order valence-corrected chi connectivity index (χ0v) is 9.90. The Morgan fingerprint density at radius 1 is 1.29 bits per heavy atom. The molecule has 0 aromatic heterocycles. The van der Waals surface area contributed by atoms with Crippen molar-refractivity contribution in [3.8, 4) is 5.75 Å². The topological polar surface area (TPSA) is 43.4 Å². The van der Waals surface area contributed by atoms with Crippen molar-refractivity contribution in [2.75, 3.05) is 6.61 Å². The number of ether oxygens (including phenoxy) is 1. The fourth-order valence-electron chi connectivity index (χ4n) is 1.41. The van der Waals surface area contributed by atoms with Gasteiger partial charge in [-0.15, -0.1) is 0 Å². The highest BCUT2D eigenvalue weighted by molar-refractivity contribution is 6.14. The summed E-state index contributed by atoms with van der Waals surface area (Å²) in [7, 11) is 0. The van der Waals surface area contributed by atoms with E-state index in [9.17, 15) is 14.0 Å². The number of carbonyl (C=O) groups is 2. The van der Waals surface area contributed by atoms with Gasteiger partial charge < -0.3 is 4.74 Å². The highest BCUT2D eigenvalue weighted by Gasteiger charge is 2.27. The molecule has 92 valence electrons. The number of hydrogen-bond acceptors (Lipinski definition) is 3. The molecule has 0 aliphatic rings. The van der Waals surface area contributed by atoms with Gasteiger partial charge in [0, 0.05) is 6.42 Å². The Balaban J connectivity index is 2.99. The average Bonchev–Trinajstić information content (AvgIpc) is 2.37. The third-order valence-electron chi connectivity index (χ3n) is 2.31. The number of hydrogen-bond donors (Lipinski definition) is 0. The Morgan fingerprint density at radius 3 is 2.53 bits per heavy atom. The van der Waals surface area contributed by atoms with Crippen LogP contribution in [0, 0.1) is 0 Å². The van der Waals surface area contributed by atoms with Gasteiger partial charge >= 0.3 is 0 Å². The highest BCUT2D eigenvalue weighted by Crippen LogP contribution is 2.21. The molecule has 0 amide bonds. The van der Waals surface area contributed by atoms with Crippen molar-refractivity contribution < 1.29 is 18.7 Å². The van der Waals surface area contributed by atoms with Gasteiger partial charge in [-0.1, -0.05) is 19.1 Å². The third kappa shape index (κ3) is 3.12. The van der Waals surface area contributed by atoms with Crippen molar-refractivity contribution in [2.24, 2.45) is 0 Å². The molecule has 0 spiro atoms. The van der Waals surface area contributed by atoms with Crippen molar-refractivity contribution in [1.82, 2.24) is 0 Å². The van der Waals surface area contributed by atoms with E-state index in [0.29, 0.717) is 12.4 Å². The lowest BCUT2D eigenvalue weighted by molar-refractivity contribution is -0.121. The predicted octanol–water partition coefficient (Wildman–Crippen LogP) is 2.59. The van der Waals surface area contributed by atoms with Crippen LogP contribution in [-0.2, 0) is 4.79 Å². The van der Waals surface area contributed by atoms with Gasteiger partial charge in [-0.2, -0.15) is 0 Å². The van der Waals surface area contributed by atoms with Gasteiger partial charge in [0.05, 0.1) is 12.2 Å². The van der Waals surface area contributed by atoms with Crippen LogP contribution in [0.1, 0.15) is 30.6 Å². The second-order valence-electron chi connectivity index (χ2n) is 3.48. The molecular formula is C13H15FO3. The number of halogens is 1. The first-order valence-corrected chi connectivity index (χ1v) is 5.54. The van der Waals surface area contributed by atoms with Crippen molar-refractivity contribution in [2.45, 2.75) is 26.4 Å². The van der Waals surface area contributed by atoms with E-state index in [0.717, 1.165) is 0 Å². The first-order chi connectivity index (χ1) is 8.11. The Kier molecular flexibility index (Phi) is 4.82. The minimum atomic E-state index is -2.10. The summed E-state index contributed by atoms with van der Waals surface area (Å²) in [4.78, 5) is 22.9. The molecule has 0 saturated heterocycles. The lowest BCUT2D eigenvalue weighted by Gasteiger charge is -2.10. The van der Waals surface area contributed by atoms with Crippen LogP contribution in [0.4, 0.5) is 4.39 Å². The molecule has 0 bridgehead atoms. The summed E-state index contributed by atoms with van der Waals surface area (Å²) in [5.74, 6) is -1.23. The zero-order valence-electron chi connectivity index (χ0n) is 9.90. The van der Waals surface area contributed by atoms with E-state index in [1.807, 2.05) is 0 Å². The third-order valence-corrected chi connectivity index (χ3v) is 2.31. The quantitative estimate of drug-likeness (QED) is 0.565. The molecule has 3 nitrogen and oxygen atoms in total. The number of Topliss-reactive ketones (excluding diaryl/α,β-unsaturated/α-hetero) is 2. The van der Waals surface area contributed by atoms with E-state index in [1.54, 1.807) is 25.1 Å². The normalized spacial score (nSPS) is 11.9.